The summed E-state index contributed by atoms with van der Waals surface area (Å²) >= 11 is 4.69. The van der Waals surface area contributed by atoms with Gasteiger partial charge in [0.15, 0.2) is 11.5 Å². The Balaban J connectivity index is 1.63. The van der Waals surface area contributed by atoms with Gasteiger partial charge in [0.1, 0.15) is 22.2 Å². The molecular formula is C23H16BrN3O4S. The largest absolute Gasteiger partial charge is 0.493 e. The first-order valence-electron chi connectivity index (χ1n) is 9.31. The van der Waals surface area contributed by atoms with Crippen molar-refractivity contribution in [1.82, 2.24) is 4.98 Å². The quantitative estimate of drug-likeness (QED) is 0.264. The number of nitriles is 1. The first-order chi connectivity index (χ1) is 15.5. The van der Waals surface area contributed by atoms with Crippen LogP contribution in [0.3, 0.4) is 0 Å². The maximum absolute atomic E-state index is 12.5. The lowest BCUT2D eigenvalue weighted by atomic mass is 10.1. The van der Waals surface area contributed by atoms with E-state index in [-0.39, 0.29) is 0 Å². The van der Waals surface area contributed by atoms with Crippen molar-refractivity contribution < 1.29 is 13.9 Å². The number of methoxy groups -OCH3 is 2. The lowest BCUT2D eigenvalue weighted by Gasteiger charge is -2.09. The van der Waals surface area contributed by atoms with Gasteiger partial charge in [0.05, 0.1) is 25.5 Å². The molecule has 0 fully saturated rings. The van der Waals surface area contributed by atoms with E-state index in [0.29, 0.717) is 44.6 Å². The minimum atomic E-state index is -0.484. The Morgan fingerprint density at radius 2 is 2.00 bits per heavy atom. The molecule has 4 aromatic rings. The van der Waals surface area contributed by atoms with Gasteiger partial charge >= 0.3 is 5.63 Å². The SMILES string of the molecule is COc1ccc(NC=C(C#N)c2nc(-c3cc4cc(Br)ccc4oc3=O)cs2)cc1OC. The number of anilines is 1. The fourth-order valence-corrected chi connectivity index (χ4v) is 4.18. The highest BCUT2D eigenvalue weighted by atomic mass is 79.9. The van der Waals surface area contributed by atoms with Crippen LogP contribution in [0.2, 0.25) is 0 Å². The molecule has 0 amide bonds. The zero-order valence-corrected chi connectivity index (χ0v) is 19.4. The van der Waals surface area contributed by atoms with Crippen LogP contribution in [0.1, 0.15) is 5.01 Å². The topological polar surface area (TPSA) is 97.4 Å². The number of rotatable bonds is 6. The lowest BCUT2D eigenvalue weighted by molar-refractivity contribution is 0.355. The summed E-state index contributed by atoms with van der Waals surface area (Å²) in [5.74, 6) is 1.17. The second kappa shape index (κ2) is 9.26. The van der Waals surface area contributed by atoms with Gasteiger partial charge in [0.2, 0.25) is 0 Å². The van der Waals surface area contributed by atoms with Crippen molar-refractivity contribution in [3.63, 3.8) is 0 Å². The van der Waals surface area contributed by atoms with Gasteiger partial charge in [-0.15, -0.1) is 11.3 Å². The molecule has 9 heteroatoms. The number of allylic oxidation sites excluding steroid dienone is 1. The third-order valence-corrected chi connectivity index (χ3v) is 5.96. The second-order valence-corrected chi connectivity index (χ2v) is 8.33. The Kier molecular flexibility index (Phi) is 6.25. The number of aromatic nitrogens is 1. The maximum Gasteiger partial charge on any atom is 0.345 e. The molecule has 0 saturated carbocycles. The van der Waals surface area contributed by atoms with Crippen molar-refractivity contribution >= 4 is 49.5 Å². The van der Waals surface area contributed by atoms with Gasteiger partial charge in [-0.1, -0.05) is 15.9 Å². The van der Waals surface area contributed by atoms with E-state index in [0.717, 1.165) is 9.86 Å². The first-order valence-corrected chi connectivity index (χ1v) is 11.0. The zero-order chi connectivity index (χ0) is 22.7. The Morgan fingerprint density at radius 1 is 1.19 bits per heavy atom. The number of ether oxygens (including phenoxy) is 2. The molecule has 2 heterocycles. The van der Waals surface area contributed by atoms with Crippen LogP contribution < -0.4 is 20.4 Å². The Hall–Kier alpha value is -3.61. The highest BCUT2D eigenvalue weighted by molar-refractivity contribution is 9.10. The minimum absolute atomic E-state index is 0.323. The van der Waals surface area contributed by atoms with Gasteiger partial charge in [-0.2, -0.15) is 5.26 Å². The number of fused-ring (bicyclic) bond motifs is 1. The lowest BCUT2D eigenvalue weighted by Crippen LogP contribution is -2.03. The van der Waals surface area contributed by atoms with Crippen molar-refractivity contribution in [1.29, 1.82) is 5.26 Å². The monoisotopic (exact) mass is 509 g/mol. The van der Waals surface area contributed by atoms with Gasteiger partial charge < -0.3 is 19.2 Å². The molecule has 32 heavy (non-hydrogen) atoms. The van der Waals surface area contributed by atoms with Crippen LogP contribution in [0.5, 0.6) is 11.5 Å². The number of nitrogens with zero attached hydrogens (tertiary/aromatic N) is 2. The molecule has 0 saturated heterocycles. The van der Waals surface area contributed by atoms with E-state index >= 15 is 0 Å². The molecule has 1 N–H and O–H groups in total. The summed E-state index contributed by atoms with van der Waals surface area (Å²) in [5, 5.41) is 15.7. The van der Waals surface area contributed by atoms with E-state index in [2.05, 4.69) is 32.3 Å². The van der Waals surface area contributed by atoms with Crippen LogP contribution in [-0.2, 0) is 0 Å². The van der Waals surface area contributed by atoms with Crippen LogP contribution in [0.15, 0.2) is 67.7 Å². The van der Waals surface area contributed by atoms with E-state index in [1.807, 2.05) is 6.07 Å². The van der Waals surface area contributed by atoms with E-state index in [1.165, 1.54) is 11.3 Å². The molecule has 2 aromatic heterocycles. The number of thiazole rings is 1. The molecule has 0 aliphatic carbocycles. The minimum Gasteiger partial charge on any atom is -0.493 e. The summed E-state index contributed by atoms with van der Waals surface area (Å²) in [6.45, 7) is 0. The second-order valence-electron chi connectivity index (χ2n) is 6.55. The molecule has 7 nitrogen and oxygen atoms in total. The molecule has 0 atom stereocenters. The van der Waals surface area contributed by atoms with Crippen molar-refractivity contribution in [2.45, 2.75) is 0 Å². The van der Waals surface area contributed by atoms with Crippen LogP contribution in [0, 0.1) is 11.3 Å². The smallest absolute Gasteiger partial charge is 0.345 e. The number of nitrogens with one attached hydrogen (secondary N) is 1. The fourth-order valence-electron chi connectivity index (χ4n) is 3.02. The Labute approximate surface area is 195 Å². The Bertz CT molecular complexity index is 1440. The van der Waals surface area contributed by atoms with Crippen molar-refractivity contribution in [3.05, 3.63) is 73.9 Å². The van der Waals surface area contributed by atoms with E-state index in [4.69, 9.17) is 13.9 Å². The van der Waals surface area contributed by atoms with Crippen LogP contribution in [0.4, 0.5) is 5.69 Å². The summed E-state index contributed by atoms with van der Waals surface area (Å²) in [4.78, 5) is 16.9. The van der Waals surface area contributed by atoms with E-state index in [1.54, 1.807) is 62.2 Å². The van der Waals surface area contributed by atoms with Crippen LogP contribution >= 0.6 is 27.3 Å². The molecular weight excluding hydrogens is 494 g/mol. The third-order valence-electron chi connectivity index (χ3n) is 4.59. The highest BCUT2D eigenvalue weighted by Crippen LogP contribution is 2.31. The summed E-state index contributed by atoms with van der Waals surface area (Å²) in [6, 6.07) is 14.6. The van der Waals surface area contributed by atoms with E-state index in [9.17, 15) is 10.1 Å². The van der Waals surface area contributed by atoms with Crippen LogP contribution in [-0.4, -0.2) is 19.2 Å². The van der Waals surface area contributed by atoms with Gasteiger partial charge in [0.25, 0.3) is 0 Å². The van der Waals surface area contributed by atoms with E-state index < -0.39 is 5.63 Å². The van der Waals surface area contributed by atoms with Gasteiger partial charge in [-0.05, 0) is 36.4 Å². The molecule has 0 spiro atoms. The molecule has 0 aliphatic heterocycles. The summed E-state index contributed by atoms with van der Waals surface area (Å²) in [7, 11) is 3.12. The number of halogens is 1. The standard InChI is InChI=1S/C23H16BrN3O4S/c1-29-20-6-4-16(9-21(20)30-2)26-11-14(10-25)22-27-18(12-32-22)17-8-13-7-15(24)3-5-19(13)31-23(17)28/h3-9,11-12,26H,1-2H3. The number of hydrogen-bond donors (Lipinski definition) is 1. The van der Waals surface area contributed by atoms with Crippen molar-refractivity contribution in [3.8, 4) is 28.8 Å². The number of benzene rings is 2. The maximum atomic E-state index is 12.5. The van der Waals surface area contributed by atoms with Gasteiger partial charge in [0, 0.05) is 33.2 Å². The van der Waals surface area contributed by atoms with Crippen molar-refractivity contribution in [2.24, 2.45) is 0 Å². The molecule has 4 rings (SSSR count). The third kappa shape index (κ3) is 4.37. The molecule has 0 aliphatic rings. The predicted molar refractivity (Wildman–Crippen MR) is 128 cm³/mol. The average Bonchev–Trinajstić information content (AvgIpc) is 3.29. The summed E-state index contributed by atoms with van der Waals surface area (Å²) in [5.41, 5.74) is 1.84. The molecule has 160 valence electrons. The summed E-state index contributed by atoms with van der Waals surface area (Å²) < 4.78 is 16.8. The molecule has 0 unspecified atom stereocenters. The molecule has 0 bridgehead atoms. The van der Waals surface area contributed by atoms with Crippen LogP contribution in [0.25, 0.3) is 27.8 Å². The van der Waals surface area contributed by atoms with Gasteiger partial charge in [-0.3, -0.25) is 0 Å². The van der Waals surface area contributed by atoms with Crippen molar-refractivity contribution in [2.75, 3.05) is 19.5 Å². The predicted octanol–water partition coefficient (Wildman–Crippen LogP) is 5.67. The molecule has 0 radical (unpaired) electrons. The Morgan fingerprint density at radius 3 is 2.75 bits per heavy atom. The molecule has 2 aromatic carbocycles. The normalized spacial score (nSPS) is 11.2. The zero-order valence-electron chi connectivity index (χ0n) is 17.0. The first kappa shape index (κ1) is 21.6. The number of hydrogen-bond acceptors (Lipinski definition) is 8. The summed E-state index contributed by atoms with van der Waals surface area (Å²) in [6.07, 6.45) is 1.56. The average molecular weight is 510 g/mol. The van der Waals surface area contributed by atoms with Gasteiger partial charge in [-0.25, -0.2) is 9.78 Å². The highest BCUT2D eigenvalue weighted by Gasteiger charge is 2.14. The fraction of sp³-hybridized carbons (Fsp3) is 0.0870.